The summed E-state index contributed by atoms with van der Waals surface area (Å²) in [7, 11) is 0. The molecule has 0 bridgehead atoms. The largest absolute Gasteiger partial charge is 0.338 e. The van der Waals surface area contributed by atoms with Gasteiger partial charge in [0.25, 0.3) is 5.91 Å². The van der Waals surface area contributed by atoms with Crippen molar-refractivity contribution in [3.8, 4) is 0 Å². The first-order valence-electron chi connectivity index (χ1n) is 10.0. The molecule has 2 heterocycles. The number of likely N-dealkylation sites (tertiary alicyclic amines) is 1. The summed E-state index contributed by atoms with van der Waals surface area (Å²) in [5.74, 6) is -0.173. The summed E-state index contributed by atoms with van der Waals surface area (Å²) in [5.41, 5.74) is 0.712. The van der Waals surface area contributed by atoms with Gasteiger partial charge in [-0.15, -0.1) is 0 Å². The van der Waals surface area contributed by atoms with Crippen LogP contribution in [0.3, 0.4) is 0 Å². The maximum Gasteiger partial charge on any atom is 0.256 e. The number of pyridine rings is 1. The minimum atomic E-state index is -1.40. The van der Waals surface area contributed by atoms with E-state index in [9.17, 15) is 4.79 Å². The Kier molecular flexibility index (Phi) is 8.59. The van der Waals surface area contributed by atoms with E-state index < -0.39 is 5.67 Å². The number of carbonyl (C=O) groups is 1. The van der Waals surface area contributed by atoms with Crippen molar-refractivity contribution in [1.82, 2.24) is 9.88 Å². The number of hydrogen-bond acceptors (Lipinski definition) is 4. The smallest absolute Gasteiger partial charge is 0.256 e. The van der Waals surface area contributed by atoms with E-state index in [1.807, 2.05) is 19.1 Å². The molecule has 0 saturated carbocycles. The first-order chi connectivity index (χ1) is 14.5. The molecule has 1 saturated heterocycles. The summed E-state index contributed by atoms with van der Waals surface area (Å²) in [6.45, 7) is 11.6. The Morgan fingerprint density at radius 3 is 2.67 bits per heavy atom. The molecule has 1 aromatic rings. The summed E-state index contributed by atoms with van der Waals surface area (Å²) in [5, 5.41) is 0. The molecular weight excluding hydrogens is 379 g/mol. The number of aliphatic imine (C=N–C) groups is 2. The van der Waals surface area contributed by atoms with Gasteiger partial charge in [0.1, 0.15) is 11.4 Å². The van der Waals surface area contributed by atoms with E-state index in [1.54, 1.807) is 54.6 Å². The van der Waals surface area contributed by atoms with Crippen LogP contribution in [0.2, 0.25) is 0 Å². The summed E-state index contributed by atoms with van der Waals surface area (Å²) in [6.07, 6.45) is 12.7. The molecule has 1 aromatic heterocycles. The molecule has 0 N–H and O–H groups in total. The molecule has 30 heavy (non-hydrogen) atoms. The Hall–Kier alpha value is -3.15. The van der Waals surface area contributed by atoms with Crippen LogP contribution in [-0.2, 0) is 0 Å². The zero-order chi connectivity index (χ0) is 22.0. The number of carbonyl (C=O) groups excluding carboxylic acids is 1. The molecule has 0 aromatic carbocycles. The Morgan fingerprint density at radius 1 is 1.33 bits per heavy atom. The van der Waals surface area contributed by atoms with Crippen LogP contribution in [0.15, 0.2) is 71.0 Å². The Balaban J connectivity index is 2.17. The van der Waals surface area contributed by atoms with E-state index in [2.05, 4.69) is 28.3 Å². The fourth-order valence-electron chi connectivity index (χ4n) is 3.37. The number of piperidine rings is 1. The van der Waals surface area contributed by atoms with Crippen molar-refractivity contribution in [2.24, 2.45) is 9.98 Å². The van der Waals surface area contributed by atoms with Crippen LogP contribution in [0.1, 0.15) is 49.2 Å². The number of alkyl halides is 1. The van der Waals surface area contributed by atoms with Gasteiger partial charge in [-0.1, -0.05) is 24.8 Å². The number of amides is 1. The molecule has 0 atom stereocenters. The third-order valence-corrected chi connectivity index (χ3v) is 4.95. The van der Waals surface area contributed by atoms with Crippen LogP contribution in [0.25, 0.3) is 5.70 Å². The fourth-order valence-corrected chi connectivity index (χ4v) is 3.37. The first-order valence-corrected chi connectivity index (χ1v) is 10.0. The van der Waals surface area contributed by atoms with Gasteiger partial charge in [-0.05, 0) is 57.7 Å². The normalized spacial score (nSPS) is 17.5. The highest BCUT2D eigenvalue weighted by Crippen LogP contribution is 2.34. The summed E-state index contributed by atoms with van der Waals surface area (Å²) in [4.78, 5) is 27.4. The van der Waals surface area contributed by atoms with Crippen molar-refractivity contribution in [3.63, 3.8) is 0 Å². The van der Waals surface area contributed by atoms with Crippen LogP contribution in [-0.4, -0.2) is 47.5 Å². The van der Waals surface area contributed by atoms with Gasteiger partial charge >= 0.3 is 0 Å². The average Bonchev–Trinajstić information content (AvgIpc) is 2.76. The minimum Gasteiger partial charge on any atom is -0.338 e. The Bertz CT molecular complexity index is 890. The van der Waals surface area contributed by atoms with Crippen molar-refractivity contribution in [3.05, 3.63) is 72.2 Å². The molecule has 0 radical (unpaired) electrons. The topological polar surface area (TPSA) is 57.9 Å². The number of hydrogen-bond donors (Lipinski definition) is 0. The quantitative estimate of drug-likeness (QED) is 0.439. The molecule has 0 aliphatic carbocycles. The third-order valence-electron chi connectivity index (χ3n) is 4.95. The molecule has 2 rings (SSSR count). The van der Waals surface area contributed by atoms with Gasteiger partial charge in [-0.25, -0.2) is 4.39 Å². The van der Waals surface area contributed by atoms with E-state index in [-0.39, 0.29) is 25.2 Å². The number of aromatic nitrogens is 1. The van der Waals surface area contributed by atoms with Gasteiger partial charge in [0.2, 0.25) is 0 Å². The van der Waals surface area contributed by atoms with Crippen molar-refractivity contribution < 1.29 is 9.18 Å². The Morgan fingerprint density at radius 2 is 2.07 bits per heavy atom. The first kappa shape index (κ1) is 23.1. The summed E-state index contributed by atoms with van der Waals surface area (Å²) < 4.78 is 15.3. The molecule has 158 valence electrons. The van der Waals surface area contributed by atoms with Crippen LogP contribution in [0, 0.1) is 0 Å². The van der Waals surface area contributed by atoms with E-state index >= 15 is 4.39 Å². The minimum absolute atomic E-state index is 0.173. The molecular formula is C24H29FN4O. The number of rotatable bonds is 8. The highest BCUT2D eigenvalue weighted by atomic mass is 19.1. The SMILES string of the molecule is C=C/C=C(\N=CC)c1ncccc1C(=O)N1CCC(F)(C/C(=C/C=C\C)N=C)CC1. The van der Waals surface area contributed by atoms with Crippen LogP contribution >= 0.6 is 0 Å². The Labute approximate surface area is 178 Å². The lowest BCUT2D eigenvalue weighted by Crippen LogP contribution is -2.45. The predicted octanol–water partition coefficient (Wildman–Crippen LogP) is 5.19. The second-order valence-electron chi connectivity index (χ2n) is 7.04. The lowest BCUT2D eigenvalue weighted by atomic mass is 9.88. The molecule has 0 spiro atoms. The molecule has 5 nitrogen and oxygen atoms in total. The standard InChI is InChI=1S/C24H29FN4O/c1-5-8-11-19(26-4)18-24(25)13-16-29(17-14-24)23(30)20-12-9-15-28-22(20)21(10-6-2)27-7-3/h5-12,15H,2,4,13-14,16-18H2,1,3H3/b8-5-,19-11-,21-10-,27-7?. The lowest BCUT2D eigenvalue weighted by molar-refractivity contribution is 0.0436. The fraction of sp³-hybridized carbons (Fsp3) is 0.333. The van der Waals surface area contributed by atoms with Crippen molar-refractivity contribution >= 4 is 24.5 Å². The second kappa shape index (κ2) is 11.1. The maximum absolute atomic E-state index is 15.3. The van der Waals surface area contributed by atoms with Crippen molar-refractivity contribution in [1.29, 1.82) is 0 Å². The van der Waals surface area contributed by atoms with Gasteiger partial charge in [0.15, 0.2) is 0 Å². The zero-order valence-corrected chi connectivity index (χ0v) is 17.7. The third kappa shape index (κ3) is 5.92. The zero-order valence-electron chi connectivity index (χ0n) is 17.7. The molecule has 0 unspecified atom stereocenters. The van der Waals surface area contributed by atoms with E-state index in [4.69, 9.17) is 0 Å². The van der Waals surface area contributed by atoms with E-state index in [0.717, 1.165) is 0 Å². The van der Waals surface area contributed by atoms with Gasteiger partial charge in [0, 0.05) is 37.6 Å². The van der Waals surface area contributed by atoms with E-state index in [0.29, 0.717) is 35.7 Å². The molecule has 1 aliphatic rings. The van der Waals surface area contributed by atoms with Crippen LogP contribution in [0.5, 0.6) is 0 Å². The number of nitrogens with zero attached hydrogens (tertiary/aromatic N) is 4. The average molecular weight is 409 g/mol. The summed E-state index contributed by atoms with van der Waals surface area (Å²) >= 11 is 0. The van der Waals surface area contributed by atoms with Gasteiger partial charge in [-0.2, -0.15) is 0 Å². The van der Waals surface area contributed by atoms with Gasteiger partial charge < -0.3 is 4.90 Å². The van der Waals surface area contributed by atoms with Crippen LogP contribution in [0.4, 0.5) is 4.39 Å². The maximum atomic E-state index is 15.3. The molecule has 1 aliphatic heterocycles. The van der Waals surface area contributed by atoms with Gasteiger partial charge in [0.05, 0.1) is 11.3 Å². The highest BCUT2D eigenvalue weighted by Gasteiger charge is 2.37. The lowest BCUT2D eigenvalue weighted by Gasteiger charge is -2.36. The highest BCUT2D eigenvalue weighted by molar-refractivity contribution is 5.98. The summed E-state index contributed by atoms with van der Waals surface area (Å²) in [6, 6.07) is 3.44. The monoisotopic (exact) mass is 408 g/mol. The number of allylic oxidation sites excluding steroid dienone is 6. The molecule has 6 heteroatoms. The van der Waals surface area contributed by atoms with Gasteiger partial charge in [-0.3, -0.25) is 19.8 Å². The van der Waals surface area contributed by atoms with Crippen LogP contribution < -0.4 is 0 Å². The molecule has 1 fully saturated rings. The number of halogens is 1. The predicted molar refractivity (Wildman–Crippen MR) is 123 cm³/mol. The second-order valence-corrected chi connectivity index (χ2v) is 7.04. The van der Waals surface area contributed by atoms with Crippen molar-refractivity contribution in [2.45, 2.75) is 38.8 Å². The molecule has 1 amide bonds. The van der Waals surface area contributed by atoms with Crippen molar-refractivity contribution in [2.75, 3.05) is 13.1 Å². The van der Waals surface area contributed by atoms with E-state index in [1.165, 1.54) is 0 Å².